The van der Waals surface area contributed by atoms with E-state index >= 15 is 0 Å². The van der Waals surface area contributed by atoms with E-state index in [0.29, 0.717) is 0 Å². The Morgan fingerprint density at radius 1 is 0.857 bits per heavy atom. The zero-order valence-electron chi connectivity index (χ0n) is 8.13. The summed E-state index contributed by atoms with van der Waals surface area (Å²) in [4.78, 5) is 0. The smallest absolute Gasteiger partial charge is 0.859 e. The maximum Gasteiger partial charge on any atom is 1.00 e. The Labute approximate surface area is 167 Å². The van der Waals surface area contributed by atoms with Crippen LogP contribution in [0.3, 0.4) is 0 Å². The molecule has 0 aromatic heterocycles. The van der Waals surface area contributed by atoms with Gasteiger partial charge in [0, 0.05) is 0 Å². The van der Waals surface area contributed by atoms with Gasteiger partial charge in [0.2, 0.25) is 0 Å². The van der Waals surface area contributed by atoms with Crippen LogP contribution in [0.5, 0.6) is 0 Å². The quantitative estimate of drug-likeness (QED) is 0.305. The molecular formula is C8H6K2N2O2. The number of hydrogen-bond acceptors (Lipinski definition) is 4. The predicted octanol–water partition coefficient (Wildman–Crippen LogP) is -6.93. The van der Waals surface area contributed by atoms with Gasteiger partial charge in [0.1, 0.15) is 0 Å². The second-order valence-electron chi connectivity index (χ2n) is 2.20. The third-order valence-corrected chi connectivity index (χ3v) is 1.42. The molecule has 62 valence electrons. The fourth-order valence-electron chi connectivity index (χ4n) is 0.879. The Balaban J connectivity index is 0. The van der Waals surface area contributed by atoms with Crippen LogP contribution in [-0.2, 0) is 0 Å². The number of rotatable bonds is 2. The standard InChI is InChI=1S/C8H8N2O2.2K/c9-7(11)5-3-1-2-4-6(5)8(10)12;;/h1-4H,(H2,9,11)(H2,10,12);;/q;2*+1/p-2. The average Bonchev–Trinajstić information content (AvgIpc) is 2.04. The molecule has 0 saturated heterocycles. The van der Waals surface area contributed by atoms with Crippen molar-refractivity contribution in [2.75, 3.05) is 0 Å². The minimum absolute atomic E-state index is 0. The zero-order chi connectivity index (χ0) is 9.14. The van der Waals surface area contributed by atoms with Crippen LogP contribution in [0.1, 0.15) is 11.1 Å². The van der Waals surface area contributed by atoms with Crippen molar-refractivity contribution in [1.29, 1.82) is 10.8 Å². The van der Waals surface area contributed by atoms with Crippen molar-refractivity contribution < 1.29 is 113 Å². The summed E-state index contributed by atoms with van der Waals surface area (Å²) in [5.41, 5.74) is -0.0324. The summed E-state index contributed by atoms with van der Waals surface area (Å²) in [5, 5.41) is 34.8. The summed E-state index contributed by atoms with van der Waals surface area (Å²) < 4.78 is 0. The molecule has 0 radical (unpaired) electrons. The van der Waals surface area contributed by atoms with Gasteiger partial charge in [-0.1, -0.05) is 24.3 Å². The van der Waals surface area contributed by atoms with Crippen molar-refractivity contribution in [2.24, 2.45) is 0 Å². The predicted molar refractivity (Wildman–Crippen MR) is 40.1 cm³/mol. The van der Waals surface area contributed by atoms with Gasteiger partial charge in [-0.2, -0.15) is 0 Å². The van der Waals surface area contributed by atoms with Crippen LogP contribution in [0.15, 0.2) is 24.3 Å². The van der Waals surface area contributed by atoms with E-state index in [-0.39, 0.29) is 114 Å². The Morgan fingerprint density at radius 2 is 1.14 bits per heavy atom. The van der Waals surface area contributed by atoms with Crippen molar-refractivity contribution in [3.8, 4) is 0 Å². The molecule has 2 N–H and O–H groups in total. The van der Waals surface area contributed by atoms with Crippen LogP contribution in [-0.4, -0.2) is 11.8 Å². The molecule has 1 aromatic rings. The maximum absolute atomic E-state index is 10.6. The second kappa shape index (κ2) is 8.57. The van der Waals surface area contributed by atoms with Crippen molar-refractivity contribution in [2.45, 2.75) is 0 Å². The van der Waals surface area contributed by atoms with Crippen molar-refractivity contribution in [1.82, 2.24) is 0 Å². The normalized spacial score (nSPS) is 8.00. The van der Waals surface area contributed by atoms with Crippen molar-refractivity contribution >= 4 is 11.8 Å². The average molecular weight is 240 g/mol. The zero-order valence-corrected chi connectivity index (χ0v) is 14.4. The van der Waals surface area contributed by atoms with E-state index in [1.807, 2.05) is 0 Å². The van der Waals surface area contributed by atoms with Gasteiger partial charge in [-0.25, -0.2) is 0 Å². The molecule has 0 aliphatic rings. The number of benzene rings is 1. The summed E-state index contributed by atoms with van der Waals surface area (Å²) in [6, 6.07) is 5.82. The van der Waals surface area contributed by atoms with Crippen LogP contribution in [0, 0.1) is 10.8 Å². The van der Waals surface area contributed by atoms with Crippen molar-refractivity contribution in [3.05, 3.63) is 35.4 Å². The molecule has 14 heavy (non-hydrogen) atoms. The van der Waals surface area contributed by atoms with Crippen LogP contribution >= 0.6 is 0 Å². The number of hydrogen-bond donors (Lipinski definition) is 2. The summed E-state index contributed by atoms with van der Waals surface area (Å²) in [6.45, 7) is 0. The molecule has 0 fully saturated rings. The fraction of sp³-hybridized carbons (Fsp3) is 0. The Morgan fingerprint density at radius 3 is 1.36 bits per heavy atom. The van der Waals surface area contributed by atoms with Gasteiger partial charge in [-0.15, -0.1) is 0 Å². The van der Waals surface area contributed by atoms with E-state index < -0.39 is 11.8 Å². The summed E-state index contributed by atoms with van der Waals surface area (Å²) in [6.07, 6.45) is 0. The van der Waals surface area contributed by atoms with Gasteiger partial charge in [-0.05, 0) is 22.9 Å². The maximum atomic E-state index is 10.6. The van der Waals surface area contributed by atoms with Crippen molar-refractivity contribution in [3.63, 3.8) is 0 Å². The van der Waals surface area contributed by atoms with Gasteiger partial charge < -0.3 is 21.0 Å². The number of nitrogens with one attached hydrogen (secondary N) is 2. The molecule has 0 bridgehead atoms. The first kappa shape index (κ1) is 17.8. The van der Waals surface area contributed by atoms with Crippen LogP contribution in [0.2, 0.25) is 0 Å². The van der Waals surface area contributed by atoms with Gasteiger partial charge in [-0.3, -0.25) is 0 Å². The van der Waals surface area contributed by atoms with Crippen LogP contribution in [0.25, 0.3) is 0 Å². The second-order valence-corrected chi connectivity index (χ2v) is 2.20. The Bertz CT molecular complexity index is 309. The molecular weight excluding hydrogens is 234 g/mol. The monoisotopic (exact) mass is 240 g/mol. The third kappa shape index (κ3) is 4.97. The van der Waals surface area contributed by atoms with Gasteiger partial charge in [0.05, 0.1) is 0 Å². The summed E-state index contributed by atoms with van der Waals surface area (Å²) in [5.74, 6) is -1.88. The summed E-state index contributed by atoms with van der Waals surface area (Å²) >= 11 is 0. The Hall–Kier alpha value is 1.43. The van der Waals surface area contributed by atoms with Crippen LogP contribution < -0.4 is 113 Å². The largest absolute Gasteiger partial charge is 1.00 e. The molecule has 6 heteroatoms. The first-order chi connectivity index (χ1) is 5.63. The van der Waals surface area contributed by atoms with E-state index in [0.717, 1.165) is 0 Å². The van der Waals surface area contributed by atoms with Gasteiger partial charge in [0.25, 0.3) is 0 Å². The molecule has 0 aliphatic heterocycles. The summed E-state index contributed by atoms with van der Waals surface area (Å²) in [7, 11) is 0. The van der Waals surface area contributed by atoms with Gasteiger partial charge in [0.15, 0.2) is 0 Å². The molecule has 0 atom stereocenters. The molecule has 0 unspecified atom stereocenters. The molecule has 0 aliphatic carbocycles. The SMILES string of the molecule is N=C([O-])c1ccccc1C(=N)[O-].[K+].[K+]. The molecule has 1 rings (SSSR count). The molecule has 0 spiro atoms. The molecule has 0 heterocycles. The molecule has 0 amide bonds. The molecule has 4 nitrogen and oxygen atoms in total. The van der Waals surface area contributed by atoms with E-state index in [1.54, 1.807) is 12.1 Å². The first-order valence-electron chi connectivity index (χ1n) is 3.24. The van der Waals surface area contributed by atoms with E-state index in [1.165, 1.54) is 12.1 Å². The van der Waals surface area contributed by atoms with E-state index in [2.05, 4.69) is 0 Å². The fourth-order valence-corrected chi connectivity index (χ4v) is 0.879. The minimum Gasteiger partial charge on any atom is -0.859 e. The van der Waals surface area contributed by atoms with Crippen LogP contribution in [0.4, 0.5) is 0 Å². The molecule has 0 saturated carbocycles. The van der Waals surface area contributed by atoms with E-state index in [9.17, 15) is 10.2 Å². The minimum atomic E-state index is -0.939. The Kier molecular flexibility index (Phi) is 10.9. The molecule has 1 aromatic carbocycles. The van der Waals surface area contributed by atoms with Gasteiger partial charge >= 0.3 is 103 Å². The topological polar surface area (TPSA) is 93.8 Å². The van der Waals surface area contributed by atoms with E-state index in [4.69, 9.17) is 10.8 Å². The third-order valence-electron chi connectivity index (χ3n) is 1.42. The first-order valence-corrected chi connectivity index (χ1v) is 3.24.